The molecule has 0 saturated heterocycles. The number of rotatable bonds is 3. The van der Waals surface area contributed by atoms with Gasteiger partial charge in [0.05, 0.1) is 12.8 Å². The molecule has 0 radical (unpaired) electrons. The van der Waals surface area contributed by atoms with Gasteiger partial charge in [-0.1, -0.05) is 6.42 Å². The molecule has 0 atom stereocenters. The number of hydrogen-bond acceptors (Lipinski definition) is 4. The molecule has 2 aromatic rings. The van der Waals surface area contributed by atoms with Crippen molar-refractivity contribution in [1.29, 1.82) is 0 Å². The van der Waals surface area contributed by atoms with Gasteiger partial charge in [-0.05, 0) is 44.7 Å². The number of aryl methyl sites for hydroxylation is 1. The Balaban J connectivity index is 1.86. The summed E-state index contributed by atoms with van der Waals surface area (Å²) in [6, 6.07) is 3.90. The highest BCUT2D eigenvalue weighted by Gasteiger charge is 2.07. The Morgan fingerprint density at radius 1 is 1.25 bits per heavy atom. The third kappa shape index (κ3) is 3.10. The summed E-state index contributed by atoms with van der Waals surface area (Å²) in [5.41, 5.74) is 2.43. The molecule has 1 saturated carbocycles. The van der Waals surface area contributed by atoms with Crippen molar-refractivity contribution in [1.82, 2.24) is 4.57 Å². The van der Waals surface area contributed by atoms with E-state index in [9.17, 15) is 0 Å². The maximum absolute atomic E-state index is 5.42. The smallest absolute Gasteiger partial charge is 0.211 e. The molecule has 0 amide bonds. The summed E-state index contributed by atoms with van der Waals surface area (Å²) in [6.45, 7) is 2.80. The van der Waals surface area contributed by atoms with Crippen LogP contribution in [-0.4, -0.2) is 10.3 Å². The van der Waals surface area contributed by atoms with Gasteiger partial charge < -0.3 is 8.98 Å². The summed E-state index contributed by atoms with van der Waals surface area (Å²) in [7, 11) is 0. The van der Waals surface area contributed by atoms with Crippen LogP contribution >= 0.6 is 11.3 Å². The van der Waals surface area contributed by atoms with Gasteiger partial charge in [-0.3, -0.25) is 0 Å². The Bertz CT molecular complexity index is 641. The van der Waals surface area contributed by atoms with Crippen LogP contribution < -0.4 is 4.80 Å². The summed E-state index contributed by atoms with van der Waals surface area (Å²) in [5, 5.41) is 11.0. The average Bonchev–Trinajstić information content (AvgIpc) is 3.10. The fourth-order valence-electron chi connectivity index (χ4n) is 2.42. The van der Waals surface area contributed by atoms with E-state index in [1.165, 1.54) is 30.7 Å². The quantitative estimate of drug-likeness (QED) is 0.794. The molecular formula is C15H19N3OS. The van der Waals surface area contributed by atoms with Crippen LogP contribution in [0.1, 0.15) is 43.6 Å². The highest BCUT2D eigenvalue weighted by Crippen LogP contribution is 2.14. The van der Waals surface area contributed by atoms with E-state index in [1.54, 1.807) is 17.6 Å². The topological polar surface area (TPSA) is 42.8 Å². The highest BCUT2D eigenvalue weighted by atomic mass is 32.1. The van der Waals surface area contributed by atoms with Gasteiger partial charge in [-0.25, -0.2) is 0 Å². The molecule has 1 aliphatic rings. The molecule has 5 heteroatoms. The molecule has 2 aromatic heterocycles. The zero-order chi connectivity index (χ0) is 13.8. The van der Waals surface area contributed by atoms with Gasteiger partial charge in [-0.2, -0.15) is 5.10 Å². The predicted molar refractivity (Wildman–Crippen MR) is 80.9 cm³/mol. The van der Waals surface area contributed by atoms with E-state index in [0.29, 0.717) is 6.54 Å². The lowest BCUT2D eigenvalue weighted by molar-refractivity contribution is 0.488. The zero-order valence-electron chi connectivity index (χ0n) is 11.7. The maximum Gasteiger partial charge on any atom is 0.211 e. The van der Waals surface area contributed by atoms with Crippen molar-refractivity contribution in [2.24, 2.45) is 10.2 Å². The summed E-state index contributed by atoms with van der Waals surface area (Å²) in [4.78, 5) is 0.942. The predicted octanol–water partition coefficient (Wildman–Crippen LogP) is 3.72. The Hall–Kier alpha value is -1.62. The van der Waals surface area contributed by atoms with Crippen molar-refractivity contribution in [3.8, 4) is 0 Å². The molecule has 0 unspecified atom stereocenters. The van der Waals surface area contributed by atoms with E-state index in [1.807, 2.05) is 12.1 Å². The first-order chi connectivity index (χ1) is 9.83. The van der Waals surface area contributed by atoms with Crippen LogP contribution in [0.15, 0.2) is 38.4 Å². The first-order valence-electron chi connectivity index (χ1n) is 7.09. The first-order valence-corrected chi connectivity index (χ1v) is 7.97. The van der Waals surface area contributed by atoms with Crippen molar-refractivity contribution in [3.05, 3.63) is 40.0 Å². The Labute approximate surface area is 122 Å². The molecule has 106 valence electrons. The summed E-state index contributed by atoms with van der Waals surface area (Å²) in [5.74, 6) is 0.943. The third-order valence-electron chi connectivity index (χ3n) is 3.59. The van der Waals surface area contributed by atoms with Crippen molar-refractivity contribution in [2.45, 2.75) is 45.6 Å². The van der Waals surface area contributed by atoms with Crippen LogP contribution in [0.25, 0.3) is 0 Å². The average molecular weight is 289 g/mol. The molecule has 0 bridgehead atoms. The number of thiazole rings is 1. The van der Waals surface area contributed by atoms with Crippen LogP contribution in [0, 0.1) is 6.92 Å². The largest absolute Gasteiger partial charge is 0.467 e. The van der Waals surface area contributed by atoms with Crippen LogP contribution in [0.2, 0.25) is 0 Å². The van der Waals surface area contributed by atoms with E-state index >= 15 is 0 Å². The van der Waals surface area contributed by atoms with Crippen molar-refractivity contribution < 1.29 is 4.42 Å². The molecule has 0 aliphatic heterocycles. The lowest BCUT2D eigenvalue weighted by atomic mass is 9.99. The SMILES string of the molecule is Cc1cs/c(=N/N=C2CCCCC2)n1Cc1ccco1. The lowest BCUT2D eigenvalue weighted by Gasteiger charge is -2.10. The van der Waals surface area contributed by atoms with Crippen LogP contribution in [-0.2, 0) is 6.54 Å². The number of hydrogen-bond donors (Lipinski definition) is 0. The van der Waals surface area contributed by atoms with Gasteiger partial charge in [0.15, 0.2) is 0 Å². The molecule has 20 heavy (non-hydrogen) atoms. The lowest BCUT2D eigenvalue weighted by Crippen LogP contribution is -2.17. The van der Waals surface area contributed by atoms with Gasteiger partial charge >= 0.3 is 0 Å². The summed E-state index contributed by atoms with van der Waals surface area (Å²) < 4.78 is 7.57. The number of nitrogens with zero attached hydrogens (tertiary/aromatic N) is 3. The molecule has 2 heterocycles. The standard InChI is InChI=1S/C15H19N3OS/c1-12-11-20-15(17-16-13-6-3-2-4-7-13)18(12)10-14-8-5-9-19-14/h5,8-9,11H,2-4,6-7,10H2,1H3/b17-15+. The minimum Gasteiger partial charge on any atom is -0.467 e. The van der Waals surface area contributed by atoms with Gasteiger partial charge in [0.1, 0.15) is 5.76 Å². The molecule has 3 rings (SSSR count). The van der Waals surface area contributed by atoms with Crippen LogP contribution in [0.4, 0.5) is 0 Å². The second-order valence-corrected chi connectivity index (χ2v) is 5.99. The van der Waals surface area contributed by atoms with Crippen molar-refractivity contribution >= 4 is 17.0 Å². The van der Waals surface area contributed by atoms with Gasteiger partial charge in [-0.15, -0.1) is 16.4 Å². The first kappa shape index (κ1) is 13.4. The normalized spacial score (nSPS) is 16.6. The summed E-state index contributed by atoms with van der Waals surface area (Å²) in [6.07, 6.45) is 7.75. The van der Waals surface area contributed by atoms with Crippen LogP contribution in [0.3, 0.4) is 0 Å². The van der Waals surface area contributed by atoms with Gasteiger partial charge in [0.2, 0.25) is 4.80 Å². The molecule has 0 N–H and O–H groups in total. The van der Waals surface area contributed by atoms with E-state index in [4.69, 9.17) is 4.42 Å². The molecule has 1 fully saturated rings. The van der Waals surface area contributed by atoms with Gasteiger partial charge in [0.25, 0.3) is 0 Å². The molecule has 0 aromatic carbocycles. The van der Waals surface area contributed by atoms with E-state index in [-0.39, 0.29) is 0 Å². The molecule has 4 nitrogen and oxygen atoms in total. The molecule has 1 aliphatic carbocycles. The Morgan fingerprint density at radius 3 is 2.85 bits per heavy atom. The van der Waals surface area contributed by atoms with Gasteiger partial charge in [0, 0.05) is 16.8 Å². The van der Waals surface area contributed by atoms with E-state index in [0.717, 1.165) is 23.4 Å². The van der Waals surface area contributed by atoms with Crippen molar-refractivity contribution in [3.63, 3.8) is 0 Å². The maximum atomic E-state index is 5.42. The second-order valence-electron chi connectivity index (χ2n) is 5.15. The fraction of sp³-hybridized carbons (Fsp3) is 0.467. The summed E-state index contributed by atoms with van der Waals surface area (Å²) >= 11 is 1.63. The van der Waals surface area contributed by atoms with Crippen molar-refractivity contribution in [2.75, 3.05) is 0 Å². The fourth-order valence-corrected chi connectivity index (χ4v) is 3.24. The Kier molecular flexibility index (Phi) is 4.16. The Morgan fingerprint density at radius 2 is 2.10 bits per heavy atom. The zero-order valence-corrected chi connectivity index (χ0v) is 12.5. The minimum absolute atomic E-state index is 0.714. The monoisotopic (exact) mass is 289 g/mol. The number of furan rings is 1. The molecular weight excluding hydrogens is 270 g/mol. The third-order valence-corrected chi connectivity index (χ3v) is 4.57. The molecule has 0 spiro atoms. The second kappa shape index (κ2) is 6.22. The number of aromatic nitrogens is 1. The van der Waals surface area contributed by atoms with E-state index in [2.05, 4.69) is 27.1 Å². The van der Waals surface area contributed by atoms with Crippen LogP contribution in [0.5, 0.6) is 0 Å². The minimum atomic E-state index is 0.714. The highest BCUT2D eigenvalue weighted by molar-refractivity contribution is 7.07. The van der Waals surface area contributed by atoms with E-state index < -0.39 is 0 Å².